The first-order chi connectivity index (χ1) is 9.45. The van der Waals surface area contributed by atoms with Crippen LogP contribution in [0.25, 0.3) is 0 Å². The number of hydrogen-bond donors (Lipinski definition) is 0. The van der Waals surface area contributed by atoms with Gasteiger partial charge in [-0.25, -0.2) is 0 Å². The average Bonchev–Trinajstić information content (AvgIpc) is 2.48. The molecule has 0 aliphatic heterocycles. The standard InChI is InChI=1S/C19H20/c1(2-6-12-18-14-8-4-9-15-18)3-7-13-19-16-10-5-11-17-19/h2-5,8-11,14-17H,6-7,12-13H2. The monoisotopic (exact) mass is 248 g/mol. The maximum atomic E-state index is 3.28. The number of allylic oxidation sites excluding steroid dienone is 1. The van der Waals surface area contributed by atoms with Crippen molar-refractivity contribution in [2.45, 2.75) is 25.7 Å². The van der Waals surface area contributed by atoms with Crippen LogP contribution in [0.15, 0.2) is 78.5 Å². The summed E-state index contributed by atoms with van der Waals surface area (Å²) >= 11 is 0. The molecule has 0 heteroatoms. The van der Waals surface area contributed by atoms with Gasteiger partial charge in [0.25, 0.3) is 0 Å². The summed E-state index contributed by atoms with van der Waals surface area (Å²) in [4.78, 5) is 0. The molecule has 0 aliphatic carbocycles. The fourth-order valence-electron chi connectivity index (χ4n) is 2.02. The summed E-state index contributed by atoms with van der Waals surface area (Å²) < 4.78 is 0. The van der Waals surface area contributed by atoms with Crippen LogP contribution in [0.2, 0.25) is 0 Å². The minimum absolute atomic E-state index is 1.06. The maximum Gasteiger partial charge on any atom is -0.0234 e. The van der Waals surface area contributed by atoms with E-state index in [0.29, 0.717) is 0 Å². The molecule has 0 nitrogen and oxygen atoms in total. The minimum Gasteiger partial charge on any atom is -0.130 e. The van der Waals surface area contributed by atoms with E-state index in [2.05, 4.69) is 78.5 Å². The van der Waals surface area contributed by atoms with Gasteiger partial charge >= 0.3 is 0 Å². The van der Waals surface area contributed by atoms with Crippen LogP contribution in [0.5, 0.6) is 0 Å². The third-order valence-electron chi connectivity index (χ3n) is 3.08. The zero-order chi connectivity index (χ0) is 13.2. The molecular weight excluding hydrogens is 228 g/mol. The molecule has 0 aliphatic rings. The zero-order valence-electron chi connectivity index (χ0n) is 11.3. The molecule has 0 heterocycles. The first kappa shape index (κ1) is 13.4. The lowest BCUT2D eigenvalue weighted by Gasteiger charge is -1.95. The molecule has 0 radical (unpaired) electrons. The highest BCUT2D eigenvalue weighted by molar-refractivity contribution is 5.16. The van der Waals surface area contributed by atoms with Gasteiger partial charge in [0.2, 0.25) is 0 Å². The Hall–Kier alpha value is -2.04. The van der Waals surface area contributed by atoms with Crippen LogP contribution in [0.4, 0.5) is 0 Å². The van der Waals surface area contributed by atoms with Crippen molar-refractivity contribution < 1.29 is 0 Å². The minimum atomic E-state index is 1.06. The van der Waals surface area contributed by atoms with Gasteiger partial charge in [-0.05, 0) is 49.0 Å². The Morgan fingerprint density at radius 3 is 1.47 bits per heavy atom. The van der Waals surface area contributed by atoms with Crippen LogP contribution < -0.4 is 0 Å². The van der Waals surface area contributed by atoms with Gasteiger partial charge in [0.05, 0.1) is 0 Å². The van der Waals surface area contributed by atoms with E-state index in [1.165, 1.54) is 11.1 Å². The van der Waals surface area contributed by atoms with Crippen LogP contribution in [-0.4, -0.2) is 0 Å². The van der Waals surface area contributed by atoms with E-state index in [1.807, 2.05) is 0 Å². The highest BCUT2D eigenvalue weighted by Gasteiger charge is 1.88. The first-order valence-electron chi connectivity index (χ1n) is 6.92. The predicted molar refractivity (Wildman–Crippen MR) is 82.2 cm³/mol. The van der Waals surface area contributed by atoms with Crippen molar-refractivity contribution >= 4 is 0 Å². The quantitative estimate of drug-likeness (QED) is 0.634. The molecule has 0 amide bonds. The molecule has 19 heavy (non-hydrogen) atoms. The molecule has 0 spiro atoms. The van der Waals surface area contributed by atoms with Gasteiger partial charge in [-0.2, -0.15) is 0 Å². The molecule has 0 saturated carbocycles. The first-order valence-corrected chi connectivity index (χ1v) is 6.92. The van der Waals surface area contributed by atoms with Crippen molar-refractivity contribution in [3.8, 4) is 0 Å². The van der Waals surface area contributed by atoms with Crippen molar-refractivity contribution in [1.29, 1.82) is 0 Å². The normalized spacial score (nSPS) is 9.68. The number of rotatable bonds is 6. The fourth-order valence-corrected chi connectivity index (χ4v) is 2.02. The van der Waals surface area contributed by atoms with Crippen molar-refractivity contribution in [3.63, 3.8) is 0 Å². The van der Waals surface area contributed by atoms with E-state index in [-0.39, 0.29) is 0 Å². The summed E-state index contributed by atoms with van der Waals surface area (Å²) in [6.07, 6.45) is 8.59. The molecule has 0 aromatic heterocycles. The van der Waals surface area contributed by atoms with E-state index < -0.39 is 0 Å². The summed E-state index contributed by atoms with van der Waals surface area (Å²) in [6, 6.07) is 21.2. The summed E-state index contributed by atoms with van der Waals surface area (Å²) in [5.74, 6) is 0. The largest absolute Gasteiger partial charge is 0.130 e. The van der Waals surface area contributed by atoms with Gasteiger partial charge in [0.15, 0.2) is 0 Å². The highest BCUT2D eigenvalue weighted by atomic mass is 13.9. The second-order valence-electron chi connectivity index (χ2n) is 4.62. The van der Waals surface area contributed by atoms with Crippen molar-refractivity contribution in [3.05, 3.63) is 89.7 Å². The highest BCUT2D eigenvalue weighted by Crippen LogP contribution is 2.04. The third kappa shape index (κ3) is 5.42. The van der Waals surface area contributed by atoms with Crippen LogP contribution in [0, 0.1) is 0 Å². The molecular formula is C19H20. The Labute approximate surface area is 116 Å². The number of benzene rings is 2. The van der Waals surface area contributed by atoms with Crippen LogP contribution >= 0.6 is 0 Å². The van der Waals surface area contributed by atoms with E-state index in [9.17, 15) is 0 Å². The van der Waals surface area contributed by atoms with E-state index >= 15 is 0 Å². The Balaban J connectivity index is 1.67. The second kappa shape index (κ2) is 8.13. The molecule has 0 bridgehead atoms. The van der Waals surface area contributed by atoms with Gasteiger partial charge in [0.1, 0.15) is 0 Å². The number of aryl methyl sites for hydroxylation is 2. The topological polar surface area (TPSA) is 0 Å². The predicted octanol–water partition coefficient (Wildman–Crippen LogP) is 4.96. The summed E-state index contributed by atoms with van der Waals surface area (Å²) in [5.41, 5.74) is 6.06. The van der Waals surface area contributed by atoms with Crippen molar-refractivity contribution in [1.82, 2.24) is 0 Å². The smallest absolute Gasteiger partial charge is 0.0234 e. The molecule has 96 valence electrons. The molecule has 0 N–H and O–H groups in total. The fraction of sp³-hybridized carbons (Fsp3) is 0.211. The Morgan fingerprint density at radius 2 is 1.05 bits per heavy atom. The maximum absolute atomic E-state index is 3.28. The summed E-state index contributed by atoms with van der Waals surface area (Å²) in [6.45, 7) is 0. The molecule has 0 atom stereocenters. The SMILES string of the molecule is C(=CCCc1ccccc1)=CCCc1ccccc1. The lowest BCUT2D eigenvalue weighted by atomic mass is 10.1. The van der Waals surface area contributed by atoms with Gasteiger partial charge in [-0.3, -0.25) is 0 Å². The molecule has 0 unspecified atom stereocenters. The molecule has 2 aromatic carbocycles. The molecule has 0 fully saturated rings. The van der Waals surface area contributed by atoms with Crippen molar-refractivity contribution in [2.75, 3.05) is 0 Å². The van der Waals surface area contributed by atoms with E-state index in [0.717, 1.165) is 25.7 Å². The zero-order valence-corrected chi connectivity index (χ0v) is 11.3. The van der Waals surface area contributed by atoms with E-state index in [1.54, 1.807) is 0 Å². The molecule has 2 aromatic rings. The van der Waals surface area contributed by atoms with Gasteiger partial charge in [-0.1, -0.05) is 60.7 Å². The summed E-state index contributed by atoms with van der Waals surface area (Å²) in [5, 5.41) is 0. The lowest BCUT2D eigenvalue weighted by molar-refractivity contribution is 0.990. The Bertz CT molecular complexity index is 469. The number of hydrogen-bond acceptors (Lipinski definition) is 0. The van der Waals surface area contributed by atoms with Crippen LogP contribution in [0.3, 0.4) is 0 Å². The molecule has 2 rings (SSSR count). The average molecular weight is 248 g/mol. The summed E-state index contributed by atoms with van der Waals surface area (Å²) in [7, 11) is 0. The Morgan fingerprint density at radius 1 is 0.632 bits per heavy atom. The van der Waals surface area contributed by atoms with Crippen molar-refractivity contribution in [2.24, 2.45) is 0 Å². The Kier molecular flexibility index (Phi) is 5.73. The van der Waals surface area contributed by atoms with Gasteiger partial charge in [0, 0.05) is 0 Å². The van der Waals surface area contributed by atoms with Gasteiger partial charge < -0.3 is 0 Å². The lowest BCUT2D eigenvalue weighted by Crippen LogP contribution is -1.81. The molecule has 0 saturated heterocycles. The van der Waals surface area contributed by atoms with Crippen LogP contribution in [-0.2, 0) is 12.8 Å². The van der Waals surface area contributed by atoms with Gasteiger partial charge in [-0.15, -0.1) is 5.73 Å². The van der Waals surface area contributed by atoms with Crippen LogP contribution in [0.1, 0.15) is 24.0 Å². The third-order valence-corrected chi connectivity index (χ3v) is 3.08. The second-order valence-corrected chi connectivity index (χ2v) is 4.62. The van der Waals surface area contributed by atoms with E-state index in [4.69, 9.17) is 0 Å².